The number of methoxy groups -OCH3 is 1. The molecule has 14 heavy (non-hydrogen) atoms. The molecule has 1 rings (SSSR count). The molecule has 0 heterocycles. The first-order valence-corrected chi connectivity index (χ1v) is 5.14. The van der Waals surface area contributed by atoms with Gasteiger partial charge in [-0.25, -0.2) is 0 Å². The average molecular weight is 194 g/mol. The molecule has 0 saturated carbocycles. The van der Waals surface area contributed by atoms with Crippen molar-refractivity contribution in [3.8, 4) is 0 Å². The van der Waals surface area contributed by atoms with Crippen molar-refractivity contribution in [2.75, 3.05) is 13.7 Å². The van der Waals surface area contributed by atoms with Crippen molar-refractivity contribution in [1.29, 1.82) is 0 Å². The molecule has 0 saturated heterocycles. The Bertz CT molecular complexity index is 222. The topological polar surface area (TPSA) is 9.23 Å². The Morgan fingerprint density at radius 2 is 1.93 bits per heavy atom. The molecule has 1 aliphatic carbocycles. The van der Waals surface area contributed by atoms with Crippen LogP contribution in [-0.2, 0) is 4.74 Å². The van der Waals surface area contributed by atoms with Crippen LogP contribution in [-0.4, -0.2) is 13.7 Å². The van der Waals surface area contributed by atoms with Crippen LogP contribution in [0.2, 0.25) is 0 Å². The first kappa shape index (κ1) is 15.5. The Morgan fingerprint density at radius 3 is 2.07 bits per heavy atom. The Kier molecular flexibility index (Phi) is 16.0. The second-order valence-electron chi connectivity index (χ2n) is 2.50. The standard InChI is InChI=1S/C7H6.C4H10O.C2H6/c1-7-5-3-2-4-6-7;1-3-4-5-2;1-2/h3,5-6H,1H3;3-4H2,1-2H3;1-2H3. The molecule has 0 N–H and O–H groups in total. The van der Waals surface area contributed by atoms with E-state index in [0.717, 1.165) is 13.0 Å². The first-order valence-electron chi connectivity index (χ1n) is 5.14. The van der Waals surface area contributed by atoms with E-state index in [4.69, 9.17) is 4.74 Å². The third-order valence-electron chi connectivity index (χ3n) is 1.22. The fourth-order valence-corrected chi connectivity index (χ4v) is 0.629. The Labute approximate surface area is 88.5 Å². The zero-order valence-corrected chi connectivity index (χ0v) is 10.1. The summed E-state index contributed by atoms with van der Waals surface area (Å²) < 4.78 is 4.69. The van der Waals surface area contributed by atoms with Gasteiger partial charge in [-0.15, -0.1) is 0 Å². The maximum absolute atomic E-state index is 4.69. The third-order valence-corrected chi connectivity index (χ3v) is 1.22. The van der Waals surface area contributed by atoms with Crippen LogP contribution in [0, 0.1) is 0 Å². The Balaban J connectivity index is 0. The fraction of sp³-hybridized carbons (Fsp3) is 0.538. The van der Waals surface area contributed by atoms with Crippen molar-refractivity contribution in [2.24, 2.45) is 0 Å². The van der Waals surface area contributed by atoms with Crippen LogP contribution in [0.25, 0.3) is 0 Å². The van der Waals surface area contributed by atoms with E-state index in [1.165, 1.54) is 5.57 Å². The maximum atomic E-state index is 4.69. The van der Waals surface area contributed by atoms with E-state index >= 15 is 0 Å². The normalized spacial score (nSPS) is 10.8. The molecule has 0 atom stereocenters. The minimum Gasteiger partial charge on any atom is -0.385 e. The highest BCUT2D eigenvalue weighted by atomic mass is 16.5. The average Bonchev–Trinajstić information content (AvgIpc) is 2.24. The van der Waals surface area contributed by atoms with Gasteiger partial charge in [0.1, 0.15) is 0 Å². The Morgan fingerprint density at radius 1 is 1.29 bits per heavy atom. The van der Waals surface area contributed by atoms with Crippen molar-refractivity contribution < 1.29 is 4.74 Å². The molecule has 0 fully saturated rings. The van der Waals surface area contributed by atoms with Crippen LogP contribution in [0.1, 0.15) is 34.1 Å². The molecular formula is C13H22O. The van der Waals surface area contributed by atoms with Gasteiger partial charge in [0.2, 0.25) is 0 Å². The molecule has 0 spiro atoms. The van der Waals surface area contributed by atoms with Gasteiger partial charge in [0.15, 0.2) is 0 Å². The van der Waals surface area contributed by atoms with Crippen molar-refractivity contribution in [3.05, 3.63) is 35.3 Å². The van der Waals surface area contributed by atoms with Gasteiger partial charge in [0, 0.05) is 13.7 Å². The van der Waals surface area contributed by atoms with Gasteiger partial charge in [0.05, 0.1) is 0 Å². The summed E-state index contributed by atoms with van der Waals surface area (Å²) in [5, 5.41) is 0. The molecule has 1 nitrogen and oxygen atoms in total. The van der Waals surface area contributed by atoms with E-state index in [1.54, 1.807) is 7.11 Å². The number of rotatable bonds is 2. The van der Waals surface area contributed by atoms with Crippen LogP contribution < -0.4 is 0 Å². The number of hydrogen-bond acceptors (Lipinski definition) is 1. The molecule has 80 valence electrons. The number of allylic oxidation sites excluding steroid dienone is 4. The zero-order valence-electron chi connectivity index (χ0n) is 10.1. The minimum absolute atomic E-state index is 0.889. The summed E-state index contributed by atoms with van der Waals surface area (Å²) in [5.74, 6) is 0. The molecule has 0 unspecified atom stereocenters. The molecular weight excluding hydrogens is 172 g/mol. The molecule has 0 aromatic carbocycles. The second-order valence-corrected chi connectivity index (χ2v) is 2.50. The zero-order chi connectivity index (χ0) is 11.2. The van der Waals surface area contributed by atoms with E-state index in [-0.39, 0.29) is 0 Å². The summed E-state index contributed by atoms with van der Waals surface area (Å²) in [5.41, 5.74) is 6.88. The quantitative estimate of drug-likeness (QED) is 0.606. The summed E-state index contributed by atoms with van der Waals surface area (Å²) in [4.78, 5) is 0. The molecule has 0 bridgehead atoms. The summed E-state index contributed by atoms with van der Waals surface area (Å²) in [6.45, 7) is 9.01. The van der Waals surface area contributed by atoms with Gasteiger partial charge >= 0.3 is 0 Å². The van der Waals surface area contributed by atoms with Gasteiger partial charge < -0.3 is 4.74 Å². The van der Waals surface area contributed by atoms with Crippen molar-refractivity contribution in [3.63, 3.8) is 0 Å². The molecule has 0 aromatic rings. The third kappa shape index (κ3) is 13.6. The van der Waals surface area contributed by atoms with Gasteiger partial charge in [-0.2, -0.15) is 0 Å². The molecule has 0 aromatic heterocycles. The van der Waals surface area contributed by atoms with E-state index in [2.05, 4.69) is 18.4 Å². The summed E-state index contributed by atoms with van der Waals surface area (Å²) in [7, 11) is 1.71. The lowest BCUT2D eigenvalue weighted by molar-refractivity contribution is 0.199. The first-order chi connectivity index (χ1) is 6.81. The minimum atomic E-state index is 0.889. The largest absolute Gasteiger partial charge is 0.385 e. The van der Waals surface area contributed by atoms with Gasteiger partial charge in [-0.1, -0.05) is 38.3 Å². The van der Waals surface area contributed by atoms with Crippen LogP contribution >= 0.6 is 0 Å². The van der Waals surface area contributed by atoms with Crippen molar-refractivity contribution in [1.82, 2.24) is 0 Å². The molecule has 1 aliphatic rings. The van der Waals surface area contributed by atoms with Gasteiger partial charge in [-0.05, 0) is 31.1 Å². The highest BCUT2D eigenvalue weighted by molar-refractivity contribution is 5.24. The van der Waals surface area contributed by atoms with Crippen molar-refractivity contribution >= 4 is 0 Å². The number of hydrogen-bond donors (Lipinski definition) is 0. The van der Waals surface area contributed by atoms with Crippen LogP contribution in [0.15, 0.2) is 35.3 Å². The van der Waals surface area contributed by atoms with E-state index in [9.17, 15) is 0 Å². The predicted octanol–water partition coefficient (Wildman–Crippen LogP) is 3.88. The van der Waals surface area contributed by atoms with E-state index < -0.39 is 0 Å². The molecule has 0 amide bonds. The van der Waals surface area contributed by atoms with E-state index in [0.29, 0.717) is 0 Å². The van der Waals surface area contributed by atoms with Gasteiger partial charge in [-0.3, -0.25) is 0 Å². The number of ether oxygens (including phenoxy) is 1. The lowest BCUT2D eigenvalue weighted by Gasteiger charge is -1.84. The van der Waals surface area contributed by atoms with Gasteiger partial charge in [0.25, 0.3) is 0 Å². The van der Waals surface area contributed by atoms with Crippen LogP contribution in [0.4, 0.5) is 0 Å². The highest BCUT2D eigenvalue weighted by Crippen LogP contribution is 1.95. The molecule has 0 aliphatic heterocycles. The predicted molar refractivity (Wildman–Crippen MR) is 63.4 cm³/mol. The highest BCUT2D eigenvalue weighted by Gasteiger charge is 1.76. The smallest absolute Gasteiger partial charge is 0.0459 e. The van der Waals surface area contributed by atoms with Crippen LogP contribution in [0.5, 0.6) is 0 Å². The van der Waals surface area contributed by atoms with Crippen LogP contribution in [0.3, 0.4) is 0 Å². The fourth-order valence-electron chi connectivity index (χ4n) is 0.629. The summed E-state index contributed by atoms with van der Waals surface area (Å²) in [6.07, 6.45) is 6.88. The molecule has 0 radical (unpaired) electrons. The summed E-state index contributed by atoms with van der Waals surface area (Å²) >= 11 is 0. The second kappa shape index (κ2) is 14.5. The van der Waals surface area contributed by atoms with E-state index in [1.807, 2.05) is 39.0 Å². The molecule has 1 heteroatoms. The van der Waals surface area contributed by atoms with Crippen molar-refractivity contribution in [2.45, 2.75) is 34.1 Å². The lowest BCUT2D eigenvalue weighted by atomic mass is 10.2. The monoisotopic (exact) mass is 194 g/mol. The maximum Gasteiger partial charge on any atom is 0.0459 e. The lowest BCUT2D eigenvalue weighted by Crippen LogP contribution is -1.80. The SMILES string of the molecule is CC.CC1=CC=C=C=C1.CCCOC. The Hall–Kier alpha value is -1.00. The summed E-state index contributed by atoms with van der Waals surface area (Å²) in [6, 6.07) is 0.